The highest BCUT2D eigenvalue weighted by molar-refractivity contribution is 7.09. The first-order valence-electron chi connectivity index (χ1n) is 4.84. The third-order valence-electron chi connectivity index (χ3n) is 2.47. The van der Waals surface area contributed by atoms with E-state index in [1.807, 2.05) is 24.4 Å². The highest BCUT2D eigenvalue weighted by atomic mass is 32.1. The minimum atomic E-state index is -0.0209. The van der Waals surface area contributed by atoms with E-state index in [1.54, 1.807) is 23.0 Å². The largest absolute Gasteiger partial charge is 0.323 e. The summed E-state index contributed by atoms with van der Waals surface area (Å²) in [6.45, 7) is 2.09. The Kier molecular flexibility index (Phi) is 3.08. The van der Waals surface area contributed by atoms with Gasteiger partial charge in [0.15, 0.2) is 0 Å². The molecule has 0 spiro atoms. The van der Waals surface area contributed by atoms with E-state index in [0.29, 0.717) is 0 Å². The normalized spacial score (nSPS) is 14.8. The van der Waals surface area contributed by atoms with Gasteiger partial charge in [0.25, 0.3) is 0 Å². The molecule has 2 heterocycles. The van der Waals surface area contributed by atoms with Crippen LogP contribution >= 0.6 is 11.3 Å². The molecule has 4 heteroatoms. The molecule has 2 aromatic rings. The van der Waals surface area contributed by atoms with Crippen LogP contribution in [0.2, 0.25) is 0 Å². The van der Waals surface area contributed by atoms with Gasteiger partial charge in [0.1, 0.15) is 0 Å². The van der Waals surface area contributed by atoms with E-state index in [1.165, 1.54) is 0 Å². The topological polar surface area (TPSA) is 51.8 Å². The van der Waals surface area contributed by atoms with Gasteiger partial charge < -0.3 is 5.73 Å². The number of hydrogen-bond donors (Lipinski definition) is 1. The zero-order chi connectivity index (χ0) is 10.7. The van der Waals surface area contributed by atoms with Crippen molar-refractivity contribution in [1.29, 1.82) is 0 Å². The van der Waals surface area contributed by atoms with Crippen LogP contribution < -0.4 is 5.73 Å². The van der Waals surface area contributed by atoms with Crippen molar-refractivity contribution in [2.45, 2.75) is 18.9 Å². The molecule has 0 fully saturated rings. The third kappa shape index (κ3) is 2.22. The number of nitrogens with two attached hydrogens (primary N) is 1. The Morgan fingerprint density at radius 2 is 2.27 bits per heavy atom. The summed E-state index contributed by atoms with van der Waals surface area (Å²) in [5.74, 6) is 0.214. The zero-order valence-corrected chi connectivity index (χ0v) is 9.32. The Labute approximate surface area is 93.0 Å². The van der Waals surface area contributed by atoms with Crippen LogP contribution in [0.4, 0.5) is 0 Å². The summed E-state index contributed by atoms with van der Waals surface area (Å²) < 4.78 is 0. The molecule has 0 aliphatic rings. The molecule has 0 bridgehead atoms. The molecule has 0 aromatic carbocycles. The van der Waals surface area contributed by atoms with Gasteiger partial charge in [-0.05, 0) is 12.1 Å². The molecule has 0 saturated heterocycles. The molecule has 0 saturated carbocycles. The lowest BCUT2D eigenvalue weighted by atomic mass is 9.98. The number of aromatic nitrogens is 2. The van der Waals surface area contributed by atoms with Gasteiger partial charge in [0.2, 0.25) is 0 Å². The van der Waals surface area contributed by atoms with Crippen molar-refractivity contribution in [3.63, 3.8) is 0 Å². The summed E-state index contributed by atoms with van der Waals surface area (Å²) in [5.41, 5.74) is 8.98. The van der Waals surface area contributed by atoms with Crippen LogP contribution in [0.25, 0.3) is 0 Å². The fraction of sp³-hybridized carbons (Fsp3) is 0.273. The molecular weight excluding hydrogens is 206 g/mol. The van der Waals surface area contributed by atoms with Crippen molar-refractivity contribution in [1.82, 2.24) is 9.97 Å². The molecule has 0 amide bonds. The number of rotatable bonds is 3. The molecule has 0 aliphatic carbocycles. The van der Waals surface area contributed by atoms with Gasteiger partial charge in [-0.15, -0.1) is 11.3 Å². The van der Waals surface area contributed by atoms with Crippen molar-refractivity contribution in [2.75, 3.05) is 0 Å². The SMILES string of the molecule is CC(c1ccccn1)C(N)c1cncs1. The third-order valence-corrected chi connectivity index (χ3v) is 3.35. The Morgan fingerprint density at radius 3 is 2.87 bits per heavy atom. The highest BCUT2D eigenvalue weighted by Crippen LogP contribution is 2.28. The number of pyridine rings is 1. The number of thiazole rings is 1. The van der Waals surface area contributed by atoms with Crippen LogP contribution in [0.5, 0.6) is 0 Å². The van der Waals surface area contributed by atoms with Crippen LogP contribution in [-0.2, 0) is 0 Å². The summed E-state index contributed by atoms with van der Waals surface area (Å²) in [6.07, 6.45) is 3.62. The second kappa shape index (κ2) is 4.51. The van der Waals surface area contributed by atoms with Gasteiger partial charge >= 0.3 is 0 Å². The zero-order valence-electron chi connectivity index (χ0n) is 8.50. The molecule has 2 unspecified atom stereocenters. The fourth-order valence-electron chi connectivity index (χ4n) is 1.47. The molecule has 2 atom stereocenters. The lowest BCUT2D eigenvalue weighted by Gasteiger charge is -2.17. The quantitative estimate of drug-likeness (QED) is 0.862. The molecule has 0 radical (unpaired) electrons. The Balaban J connectivity index is 2.18. The van der Waals surface area contributed by atoms with Gasteiger partial charge in [0, 0.05) is 34.9 Å². The number of hydrogen-bond acceptors (Lipinski definition) is 4. The van der Waals surface area contributed by atoms with Crippen LogP contribution in [0.1, 0.15) is 29.5 Å². The van der Waals surface area contributed by atoms with E-state index < -0.39 is 0 Å². The summed E-state index contributed by atoms with van der Waals surface area (Å²) in [4.78, 5) is 9.46. The second-order valence-electron chi connectivity index (χ2n) is 3.47. The Morgan fingerprint density at radius 1 is 1.40 bits per heavy atom. The average molecular weight is 219 g/mol. The molecule has 0 aliphatic heterocycles. The Bertz CT molecular complexity index is 399. The summed E-state index contributed by atoms with van der Waals surface area (Å²) in [6, 6.07) is 5.88. The van der Waals surface area contributed by atoms with Gasteiger partial charge in [-0.2, -0.15) is 0 Å². The highest BCUT2D eigenvalue weighted by Gasteiger charge is 2.18. The predicted octanol–water partition coefficient (Wildman–Crippen LogP) is 2.34. The van der Waals surface area contributed by atoms with Gasteiger partial charge in [-0.3, -0.25) is 9.97 Å². The fourth-order valence-corrected chi connectivity index (χ4v) is 2.19. The molecular formula is C11H13N3S. The molecule has 3 nitrogen and oxygen atoms in total. The van der Waals surface area contributed by atoms with E-state index >= 15 is 0 Å². The van der Waals surface area contributed by atoms with Crippen molar-refractivity contribution < 1.29 is 0 Å². The Hall–Kier alpha value is -1.26. The number of nitrogens with zero attached hydrogens (tertiary/aromatic N) is 2. The standard InChI is InChI=1S/C11H13N3S/c1-8(9-4-2-3-5-14-9)11(12)10-6-13-7-15-10/h2-8,11H,12H2,1H3. The van der Waals surface area contributed by atoms with Crippen LogP contribution in [0.3, 0.4) is 0 Å². The van der Waals surface area contributed by atoms with Crippen LogP contribution in [-0.4, -0.2) is 9.97 Å². The minimum Gasteiger partial charge on any atom is -0.323 e. The van der Waals surface area contributed by atoms with Crippen molar-refractivity contribution in [3.05, 3.63) is 46.7 Å². The summed E-state index contributed by atoms with van der Waals surface area (Å²) >= 11 is 1.59. The van der Waals surface area contributed by atoms with Crippen molar-refractivity contribution in [3.8, 4) is 0 Å². The molecule has 2 aromatic heterocycles. The van der Waals surface area contributed by atoms with E-state index in [2.05, 4.69) is 16.9 Å². The summed E-state index contributed by atoms with van der Waals surface area (Å²) in [7, 11) is 0. The predicted molar refractivity (Wildman–Crippen MR) is 61.7 cm³/mol. The summed E-state index contributed by atoms with van der Waals surface area (Å²) in [5, 5.41) is 0. The first kappa shape index (κ1) is 10.3. The van der Waals surface area contributed by atoms with E-state index in [0.717, 1.165) is 10.6 Å². The smallest absolute Gasteiger partial charge is 0.0794 e. The van der Waals surface area contributed by atoms with E-state index in [4.69, 9.17) is 5.73 Å². The van der Waals surface area contributed by atoms with Gasteiger partial charge in [0.05, 0.1) is 5.51 Å². The maximum atomic E-state index is 6.15. The molecule has 15 heavy (non-hydrogen) atoms. The van der Waals surface area contributed by atoms with Gasteiger partial charge in [-0.1, -0.05) is 13.0 Å². The van der Waals surface area contributed by atoms with Crippen LogP contribution in [0, 0.1) is 0 Å². The average Bonchev–Trinajstić information content (AvgIpc) is 2.82. The second-order valence-corrected chi connectivity index (χ2v) is 4.39. The van der Waals surface area contributed by atoms with Crippen molar-refractivity contribution >= 4 is 11.3 Å². The van der Waals surface area contributed by atoms with E-state index in [-0.39, 0.29) is 12.0 Å². The van der Waals surface area contributed by atoms with Crippen molar-refractivity contribution in [2.24, 2.45) is 5.73 Å². The first-order valence-corrected chi connectivity index (χ1v) is 5.72. The maximum Gasteiger partial charge on any atom is 0.0794 e. The molecule has 2 rings (SSSR count). The van der Waals surface area contributed by atoms with Gasteiger partial charge in [-0.25, -0.2) is 0 Å². The monoisotopic (exact) mass is 219 g/mol. The lowest BCUT2D eigenvalue weighted by molar-refractivity contribution is 0.591. The first-order chi connectivity index (χ1) is 7.29. The molecule has 2 N–H and O–H groups in total. The van der Waals surface area contributed by atoms with E-state index in [9.17, 15) is 0 Å². The minimum absolute atomic E-state index is 0.0209. The molecule has 78 valence electrons. The maximum absolute atomic E-state index is 6.15. The lowest BCUT2D eigenvalue weighted by Crippen LogP contribution is -2.17. The van der Waals surface area contributed by atoms with Crippen LogP contribution in [0.15, 0.2) is 36.1 Å².